The van der Waals surface area contributed by atoms with Crippen molar-refractivity contribution in [2.45, 2.75) is 0 Å². The molecule has 3 nitrogen and oxygen atoms in total. The van der Waals surface area contributed by atoms with Crippen molar-refractivity contribution in [2.24, 2.45) is 0 Å². The highest BCUT2D eigenvalue weighted by Crippen LogP contribution is 2.10. The van der Waals surface area contributed by atoms with Gasteiger partial charge in [-0.25, -0.2) is 4.68 Å². The highest BCUT2D eigenvalue weighted by atomic mass is 127. The number of hydrogen-bond donors (Lipinski definition) is 0. The molecule has 0 N–H and O–H groups in total. The van der Waals surface area contributed by atoms with Gasteiger partial charge in [-0.05, 0) is 46.9 Å². The van der Waals surface area contributed by atoms with Crippen LogP contribution < -0.4 is 0 Å². The molecule has 0 unspecified atom stereocenters. The van der Waals surface area contributed by atoms with Gasteiger partial charge in [0.25, 0.3) is 0 Å². The minimum absolute atomic E-state index is 0.676. The van der Waals surface area contributed by atoms with Crippen LogP contribution in [0.15, 0.2) is 36.7 Å². The summed E-state index contributed by atoms with van der Waals surface area (Å²) in [6, 6.07) is 7.29. The zero-order valence-electron chi connectivity index (χ0n) is 7.22. The second-order valence-corrected chi connectivity index (χ2v) is 4.06. The van der Waals surface area contributed by atoms with E-state index in [2.05, 4.69) is 27.7 Å². The van der Waals surface area contributed by atoms with Crippen LogP contribution in [0.2, 0.25) is 0 Å². The van der Waals surface area contributed by atoms with Crippen LogP contribution in [0.3, 0.4) is 0 Å². The maximum Gasteiger partial charge on any atom is 0.150 e. The van der Waals surface area contributed by atoms with E-state index < -0.39 is 0 Å². The highest BCUT2D eigenvalue weighted by Gasteiger charge is 1.98. The Balaban J connectivity index is 2.38. The number of nitrogens with zero attached hydrogens (tertiary/aromatic N) is 2. The maximum atomic E-state index is 10.4. The molecule has 14 heavy (non-hydrogen) atoms. The molecule has 0 saturated carbocycles. The Labute approximate surface area is 94.9 Å². The van der Waals surface area contributed by atoms with Gasteiger partial charge in [0.1, 0.15) is 6.29 Å². The Bertz CT molecular complexity index is 447. The number of carbonyl (C=O) groups is 1. The van der Waals surface area contributed by atoms with E-state index in [1.165, 1.54) is 0 Å². The molecular formula is C10H7IN2O. The van der Waals surface area contributed by atoms with Gasteiger partial charge < -0.3 is 0 Å². The molecule has 1 aromatic heterocycles. The summed E-state index contributed by atoms with van der Waals surface area (Å²) in [6.45, 7) is 0. The van der Waals surface area contributed by atoms with Crippen LogP contribution in [0.25, 0.3) is 5.69 Å². The molecule has 4 heteroatoms. The van der Waals surface area contributed by atoms with Crippen LogP contribution in [0, 0.1) is 3.57 Å². The van der Waals surface area contributed by atoms with Crippen molar-refractivity contribution in [3.63, 3.8) is 0 Å². The molecule has 0 amide bonds. The summed E-state index contributed by atoms with van der Waals surface area (Å²) in [5.74, 6) is 0. The smallest absolute Gasteiger partial charge is 0.150 e. The topological polar surface area (TPSA) is 34.9 Å². The minimum Gasteiger partial charge on any atom is -0.298 e. The number of halogens is 1. The van der Waals surface area contributed by atoms with Gasteiger partial charge in [-0.2, -0.15) is 5.10 Å². The highest BCUT2D eigenvalue weighted by molar-refractivity contribution is 14.1. The Morgan fingerprint density at radius 2 is 2.00 bits per heavy atom. The first-order valence-electron chi connectivity index (χ1n) is 4.05. The molecule has 0 aliphatic carbocycles. The number of benzene rings is 1. The van der Waals surface area contributed by atoms with Crippen molar-refractivity contribution >= 4 is 28.9 Å². The molecule has 1 aromatic carbocycles. The first-order valence-corrected chi connectivity index (χ1v) is 5.13. The van der Waals surface area contributed by atoms with E-state index in [0.29, 0.717) is 5.56 Å². The van der Waals surface area contributed by atoms with Crippen molar-refractivity contribution < 1.29 is 4.79 Å². The molecule has 1 heterocycles. The van der Waals surface area contributed by atoms with Gasteiger partial charge in [0, 0.05) is 11.8 Å². The fraction of sp³-hybridized carbons (Fsp3) is 0. The normalized spacial score (nSPS) is 10.1. The lowest BCUT2D eigenvalue weighted by molar-refractivity contribution is 0.112. The van der Waals surface area contributed by atoms with Crippen LogP contribution in [-0.4, -0.2) is 16.1 Å². The third-order valence-corrected chi connectivity index (χ3v) is 2.40. The zero-order valence-corrected chi connectivity index (χ0v) is 9.38. The Hall–Kier alpha value is -1.17. The second kappa shape index (κ2) is 3.91. The van der Waals surface area contributed by atoms with E-state index in [1.807, 2.05) is 18.3 Å². The van der Waals surface area contributed by atoms with E-state index in [4.69, 9.17) is 0 Å². The Morgan fingerprint density at radius 3 is 2.50 bits per heavy atom. The molecular weight excluding hydrogens is 291 g/mol. The summed E-state index contributed by atoms with van der Waals surface area (Å²) < 4.78 is 2.86. The second-order valence-electron chi connectivity index (χ2n) is 2.81. The van der Waals surface area contributed by atoms with Gasteiger partial charge in [0.15, 0.2) is 0 Å². The molecule has 0 aliphatic heterocycles. The van der Waals surface area contributed by atoms with Gasteiger partial charge in [0.2, 0.25) is 0 Å². The van der Waals surface area contributed by atoms with E-state index >= 15 is 0 Å². The van der Waals surface area contributed by atoms with Crippen LogP contribution in [0.5, 0.6) is 0 Å². The first-order chi connectivity index (χ1) is 6.79. The Morgan fingerprint density at radius 1 is 1.29 bits per heavy atom. The summed E-state index contributed by atoms with van der Waals surface area (Å²) in [7, 11) is 0. The third-order valence-electron chi connectivity index (χ3n) is 1.84. The number of rotatable bonds is 2. The number of aromatic nitrogens is 2. The summed E-state index contributed by atoms with van der Waals surface area (Å²) in [5.41, 5.74) is 1.63. The molecule has 70 valence electrons. The molecule has 0 saturated heterocycles. The molecule has 0 aliphatic rings. The molecule has 0 spiro atoms. The van der Waals surface area contributed by atoms with Gasteiger partial charge in [0.05, 0.1) is 15.5 Å². The molecule has 2 rings (SSSR count). The fourth-order valence-electron chi connectivity index (χ4n) is 1.15. The largest absolute Gasteiger partial charge is 0.298 e. The molecule has 0 bridgehead atoms. The monoisotopic (exact) mass is 298 g/mol. The lowest BCUT2D eigenvalue weighted by atomic mass is 10.2. The van der Waals surface area contributed by atoms with Gasteiger partial charge >= 0.3 is 0 Å². The zero-order chi connectivity index (χ0) is 9.97. The fourth-order valence-corrected chi connectivity index (χ4v) is 1.54. The average molecular weight is 298 g/mol. The maximum absolute atomic E-state index is 10.4. The van der Waals surface area contributed by atoms with Gasteiger partial charge in [-0.15, -0.1) is 0 Å². The van der Waals surface area contributed by atoms with Crippen molar-refractivity contribution in [1.29, 1.82) is 0 Å². The van der Waals surface area contributed by atoms with E-state index in [9.17, 15) is 4.79 Å². The Kier molecular flexibility index (Phi) is 2.62. The standard InChI is InChI=1S/C10H7IN2O/c11-9-5-12-13(6-9)10-3-1-8(7-14)2-4-10/h1-7H. The van der Waals surface area contributed by atoms with E-state index in [-0.39, 0.29) is 0 Å². The summed E-state index contributed by atoms with van der Waals surface area (Å²) >= 11 is 2.20. The van der Waals surface area contributed by atoms with Crippen LogP contribution in [-0.2, 0) is 0 Å². The van der Waals surface area contributed by atoms with Crippen molar-refractivity contribution in [3.8, 4) is 5.69 Å². The van der Waals surface area contributed by atoms with E-state index in [1.54, 1.807) is 23.0 Å². The first kappa shape index (κ1) is 9.39. The summed E-state index contributed by atoms with van der Waals surface area (Å²) in [5, 5.41) is 4.16. The van der Waals surface area contributed by atoms with E-state index in [0.717, 1.165) is 15.5 Å². The number of aldehydes is 1. The molecule has 2 aromatic rings. The van der Waals surface area contributed by atoms with Gasteiger partial charge in [-0.1, -0.05) is 0 Å². The molecule has 0 radical (unpaired) electrons. The third kappa shape index (κ3) is 1.84. The van der Waals surface area contributed by atoms with Crippen LogP contribution >= 0.6 is 22.6 Å². The van der Waals surface area contributed by atoms with Crippen LogP contribution in [0.1, 0.15) is 10.4 Å². The number of hydrogen-bond acceptors (Lipinski definition) is 2. The quantitative estimate of drug-likeness (QED) is 0.630. The summed E-state index contributed by atoms with van der Waals surface area (Å²) in [6.07, 6.45) is 4.54. The lowest BCUT2D eigenvalue weighted by Crippen LogP contribution is -1.93. The predicted octanol–water partition coefficient (Wildman–Crippen LogP) is 2.29. The predicted molar refractivity (Wildman–Crippen MR) is 61.7 cm³/mol. The van der Waals surface area contributed by atoms with Crippen molar-refractivity contribution in [3.05, 3.63) is 45.8 Å². The van der Waals surface area contributed by atoms with Crippen molar-refractivity contribution in [1.82, 2.24) is 9.78 Å². The molecule has 0 fully saturated rings. The minimum atomic E-state index is 0.676. The van der Waals surface area contributed by atoms with Crippen LogP contribution in [0.4, 0.5) is 0 Å². The summed E-state index contributed by atoms with van der Waals surface area (Å²) in [4.78, 5) is 10.4. The average Bonchev–Trinajstić information content (AvgIpc) is 2.65. The van der Waals surface area contributed by atoms with Crippen molar-refractivity contribution in [2.75, 3.05) is 0 Å². The number of carbonyl (C=O) groups excluding carboxylic acids is 1. The van der Waals surface area contributed by atoms with Gasteiger partial charge in [-0.3, -0.25) is 4.79 Å². The molecule has 0 atom stereocenters. The SMILES string of the molecule is O=Cc1ccc(-n2cc(I)cn2)cc1. The lowest BCUT2D eigenvalue weighted by Gasteiger charge is -1.99.